The van der Waals surface area contributed by atoms with Crippen LogP contribution in [-0.4, -0.2) is 23.6 Å². The van der Waals surface area contributed by atoms with Crippen molar-refractivity contribution in [1.82, 2.24) is 9.97 Å². The minimum absolute atomic E-state index is 0. The average Bonchev–Trinajstić information content (AvgIpc) is 2.84. The van der Waals surface area contributed by atoms with Gasteiger partial charge in [0.1, 0.15) is 22.9 Å². The van der Waals surface area contributed by atoms with Crippen LogP contribution >= 0.6 is 12.4 Å². The Morgan fingerprint density at radius 1 is 1.09 bits per heavy atom. The van der Waals surface area contributed by atoms with Gasteiger partial charge in [-0.05, 0) is 66.8 Å². The molecule has 0 amide bonds. The minimum Gasteiger partial charge on any atom is -0.494 e. The van der Waals surface area contributed by atoms with Crippen molar-refractivity contribution in [1.29, 1.82) is 0 Å². The average molecular weight is 479 g/mol. The number of aromatic nitrogens is 2. The number of methoxy groups -OCH3 is 1. The van der Waals surface area contributed by atoms with Crippen molar-refractivity contribution in [2.24, 2.45) is 0 Å². The van der Waals surface area contributed by atoms with Crippen LogP contribution in [0.25, 0.3) is 10.9 Å². The number of hydrogen-bond acceptors (Lipinski definition) is 5. The molecule has 1 aromatic heterocycles. The highest BCUT2D eigenvalue weighted by Gasteiger charge is 2.29. The van der Waals surface area contributed by atoms with Crippen LogP contribution in [-0.2, 0) is 6.42 Å². The van der Waals surface area contributed by atoms with Gasteiger partial charge in [-0.15, -0.1) is 12.4 Å². The standard InChI is InChI=1S/C27H27FN4O.ClH/c1-4-23-20-9-6-5-8-18(20)14-15-32(23)26-21-10-7-11-24(33-3)25(21)30-27(31-26)29-22-13-12-19(28)16-17(22)2;/h5-13,16,23H,4,14-15H2,1-3H3,(H,29,30,31);1H. The summed E-state index contributed by atoms with van der Waals surface area (Å²) in [5, 5.41) is 4.26. The van der Waals surface area contributed by atoms with E-state index in [-0.39, 0.29) is 24.3 Å². The smallest absolute Gasteiger partial charge is 0.229 e. The Bertz CT molecular complexity index is 1330. The van der Waals surface area contributed by atoms with Crippen LogP contribution in [0.5, 0.6) is 5.75 Å². The molecule has 1 aliphatic rings. The van der Waals surface area contributed by atoms with E-state index in [1.165, 1.54) is 23.3 Å². The fraction of sp³-hybridized carbons (Fsp3) is 0.259. The molecule has 0 fully saturated rings. The predicted octanol–water partition coefficient (Wildman–Crippen LogP) is 6.77. The summed E-state index contributed by atoms with van der Waals surface area (Å²) in [4.78, 5) is 12.2. The molecule has 34 heavy (non-hydrogen) atoms. The summed E-state index contributed by atoms with van der Waals surface area (Å²) in [6, 6.07) is 19.5. The molecule has 1 aliphatic heterocycles. The van der Waals surface area contributed by atoms with Crippen LogP contribution < -0.4 is 15.0 Å². The molecule has 0 saturated carbocycles. The molecule has 5 rings (SSSR count). The van der Waals surface area contributed by atoms with Gasteiger partial charge in [0, 0.05) is 17.6 Å². The molecule has 3 aromatic carbocycles. The lowest BCUT2D eigenvalue weighted by atomic mass is 9.91. The second-order valence-electron chi connectivity index (χ2n) is 8.38. The van der Waals surface area contributed by atoms with Crippen LogP contribution in [0.2, 0.25) is 0 Å². The van der Waals surface area contributed by atoms with Crippen molar-refractivity contribution < 1.29 is 9.13 Å². The van der Waals surface area contributed by atoms with Crippen molar-refractivity contribution in [3.05, 3.63) is 83.2 Å². The van der Waals surface area contributed by atoms with Gasteiger partial charge >= 0.3 is 0 Å². The highest BCUT2D eigenvalue weighted by Crippen LogP contribution is 2.40. The zero-order chi connectivity index (χ0) is 22.9. The van der Waals surface area contributed by atoms with Crippen LogP contribution in [0.15, 0.2) is 60.7 Å². The van der Waals surface area contributed by atoms with Gasteiger partial charge in [-0.2, -0.15) is 4.98 Å². The van der Waals surface area contributed by atoms with Crippen LogP contribution in [0, 0.1) is 12.7 Å². The molecule has 2 heterocycles. The maximum absolute atomic E-state index is 13.6. The van der Waals surface area contributed by atoms with E-state index in [2.05, 4.69) is 41.4 Å². The Morgan fingerprint density at radius 3 is 2.68 bits per heavy atom. The van der Waals surface area contributed by atoms with Gasteiger partial charge in [0.15, 0.2) is 0 Å². The number of fused-ring (bicyclic) bond motifs is 2. The van der Waals surface area contributed by atoms with E-state index in [0.29, 0.717) is 11.7 Å². The van der Waals surface area contributed by atoms with Gasteiger partial charge in [-0.25, -0.2) is 9.37 Å². The Kier molecular flexibility index (Phi) is 6.89. The number of halogens is 2. The van der Waals surface area contributed by atoms with Crippen molar-refractivity contribution >= 4 is 40.8 Å². The zero-order valence-corrected chi connectivity index (χ0v) is 20.3. The van der Waals surface area contributed by atoms with Gasteiger partial charge in [0.2, 0.25) is 5.95 Å². The molecule has 1 unspecified atom stereocenters. The molecule has 4 aromatic rings. The SMILES string of the molecule is CCC1c2ccccc2CCN1c1nc(Nc2ccc(F)cc2C)nc2c(OC)cccc12.Cl. The summed E-state index contributed by atoms with van der Waals surface area (Å²) in [5.74, 6) is 1.77. The second kappa shape index (κ2) is 9.85. The fourth-order valence-corrected chi connectivity index (χ4v) is 4.78. The van der Waals surface area contributed by atoms with Crippen LogP contribution in [0.4, 0.5) is 21.8 Å². The number of nitrogens with one attached hydrogen (secondary N) is 1. The zero-order valence-electron chi connectivity index (χ0n) is 19.5. The topological polar surface area (TPSA) is 50.3 Å². The largest absolute Gasteiger partial charge is 0.494 e. The maximum atomic E-state index is 13.6. The monoisotopic (exact) mass is 478 g/mol. The van der Waals surface area contributed by atoms with Crippen molar-refractivity contribution in [2.75, 3.05) is 23.9 Å². The van der Waals surface area contributed by atoms with Crippen LogP contribution in [0.3, 0.4) is 0 Å². The molecule has 0 spiro atoms. The summed E-state index contributed by atoms with van der Waals surface area (Å²) >= 11 is 0. The summed E-state index contributed by atoms with van der Waals surface area (Å²) in [7, 11) is 1.65. The first-order chi connectivity index (χ1) is 16.1. The summed E-state index contributed by atoms with van der Waals surface area (Å²) in [5.41, 5.74) is 5.06. The van der Waals surface area contributed by atoms with E-state index in [1.807, 2.05) is 25.1 Å². The molecule has 0 radical (unpaired) electrons. The number of anilines is 3. The van der Waals surface area contributed by atoms with Gasteiger partial charge in [-0.1, -0.05) is 37.3 Å². The Labute approximate surface area is 205 Å². The lowest BCUT2D eigenvalue weighted by molar-refractivity contribution is 0.419. The highest BCUT2D eigenvalue weighted by atomic mass is 35.5. The Hall–Kier alpha value is -3.38. The lowest BCUT2D eigenvalue weighted by Crippen LogP contribution is -2.36. The van der Waals surface area contributed by atoms with E-state index in [0.717, 1.165) is 47.4 Å². The summed E-state index contributed by atoms with van der Waals surface area (Å²) < 4.78 is 19.3. The first kappa shape index (κ1) is 23.8. The summed E-state index contributed by atoms with van der Waals surface area (Å²) in [6.45, 7) is 4.95. The normalized spacial score (nSPS) is 14.9. The minimum atomic E-state index is -0.266. The number of ether oxygens (including phenoxy) is 1. The van der Waals surface area contributed by atoms with Crippen LogP contribution in [0.1, 0.15) is 36.1 Å². The van der Waals surface area contributed by atoms with E-state index >= 15 is 0 Å². The number of hydrogen-bond donors (Lipinski definition) is 1. The molecule has 1 atom stereocenters. The number of nitrogens with zero attached hydrogens (tertiary/aromatic N) is 3. The fourth-order valence-electron chi connectivity index (χ4n) is 4.78. The molecule has 1 N–H and O–H groups in total. The predicted molar refractivity (Wildman–Crippen MR) is 138 cm³/mol. The number of benzene rings is 3. The van der Waals surface area contributed by atoms with E-state index in [1.54, 1.807) is 13.2 Å². The second-order valence-corrected chi connectivity index (χ2v) is 8.38. The van der Waals surface area contributed by atoms with Gasteiger partial charge in [0.05, 0.1) is 13.2 Å². The third kappa shape index (κ3) is 4.26. The van der Waals surface area contributed by atoms with Crippen molar-refractivity contribution in [2.45, 2.75) is 32.7 Å². The van der Waals surface area contributed by atoms with E-state index < -0.39 is 0 Å². The molecule has 5 nitrogen and oxygen atoms in total. The molecule has 0 aliphatic carbocycles. The summed E-state index contributed by atoms with van der Waals surface area (Å²) in [6.07, 6.45) is 1.92. The first-order valence-corrected chi connectivity index (χ1v) is 11.3. The number of para-hydroxylation sites is 1. The van der Waals surface area contributed by atoms with Gasteiger partial charge < -0.3 is 15.0 Å². The number of aryl methyl sites for hydroxylation is 1. The van der Waals surface area contributed by atoms with E-state index in [9.17, 15) is 4.39 Å². The maximum Gasteiger partial charge on any atom is 0.229 e. The quantitative estimate of drug-likeness (QED) is 0.343. The molecular formula is C27H28ClFN4O. The van der Waals surface area contributed by atoms with Crippen molar-refractivity contribution in [3.8, 4) is 5.75 Å². The van der Waals surface area contributed by atoms with Gasteiger partial charge in [-0.3, -0.25) is 0 Å². The first-order valence-electron chi connectivity index (χ1n) is 11.3. The lowest BCUT2D eigenvalue weighted by Gasteiger charge is -2.38. The van der Waals surface area contributed by atoms with Crippen molar-refractivity contribution in [3.63, 3.8) is 0 Å². The third-order valence-corrected chi connectivity index (χ3v) is 6.40. The molecule has 176 valence electrons. The number of rotatable bonds is 5. The molecule has 0 saturated heterocycles. The molecule has 0 bridgehead atoms. The molecular weight excluding hydrogens is 451 g/mol. The highest BCUT2D eigenvalue weighted by molar-refractivity contribution is 5.95. The van der Waals surface area contributed by atoms with E-state index in [4.69, 9.17) is 14.7 Å². The Morgan fingerprint density at radius 2 is 1.91 bits per heavy atom. The Balaban J connectivity index is 0.00000274. The molecule has 7 heteroatoms. The van der Waals surface area contributed by atoms with Gasteiger partial charge in [0.25, 0.3) is 0 Å². The third-order valence-electron chi connectivity index (χ3n) is 6.40.